The Morgan fingerprint density at radius 2 is 2.33 bits per heavy atom. The summed E-state index contributed by atoms with van der Waals surface area (Å²) in [7, 11) is 0. The summed E-state index contributed by atoms with van der Waals surface area (Å²) in [6.45, 7) is 5.16. The first-order chi connectivity index (χ1) is 7.27. The molecule has 3 heteroatoms. The molecule has 0 spiro atoms. The van der Waals surface area contributed by atoms with Crippen LogP contribution in [0.3, 0.4) is 0 Å². The molecule has 15 heavy (non-hydrogen) atoms. The van der Waals surface area contributed by atoms with Crippen molar-refractivity contribution in [2.45, 2.75) is 52.0 Å². The van der Waals surface area contributed by atoms with Gasteiger partial charge in [0.2, 0.25) is 0 Å². The molecule has 1 aliphatic heterocycles. The summed E-state index contributed by atoms with van der Waals surface area (Å²) in [5.74, 6) is 1.29. The molecule has 1 atom stereocenters. The van der Waals surface area contributed by atoms with E-state index in [0.29, 0.717) is 6.04 Å². The van der Waals surface area contributed by atoms with Crippen molar-refractivity contribution in [1.82, 2.24) is 9.55 Å². The zero-order valence-electron chi connectivity index (χ0n) is 9.79. The zero-order valence-corrected chi connectivity index (χ0v) is 9.79. The molecule has 1 aromatic heterocycles. The third-order valence-electron chi connectivity index (χ3n) is 3.46. The molecule has 84 valence electrons. The standard InChI is InChI=1S/C12H21N3/c1-3-11-9(2)15-10(7-8-13)5-4-6-12(15)14-11/h10H,3-8,13H2,1-2H3. The highest BCUT2D eigenvalue weighted by Gasteiger charge is 2.23. The van der Waals surface area contributed by atoms with Crippen molar-refractivity contribution in [3.8, 4) is 0 Å². The maximum Gasteiger partial charge on any atom is 0.109 e. The van der Waals surface area contributed by atoms with Gasteiger partial charge in [0.15, 0.2) is 0 Å². The number of hydrogen-bond acceptors (Lipinski definition) is 2. The number of aryl methyl sites for hydroxylation is 2. The van der Waals surface area contributed by atoms with Gasteiger partial charge in [0, 0.05) is 18.2 Å². The molecule has 1 aliphatic rings. The van der Waals surface area contributed by atoms with Crippen LogP contribution in [-0.2, 0) is 12.8 Å². The van der Waals surface area contributed by atoms with E-state index in [2.05, 4.69) is 18.4 Å². The average molecular weight is 207 g/mol. The van der Waals surface area contributed by atoms with Gasteiger partial charge in [-0.2, -0.15) is 0 Å². The van der Waals surface area contributed by atoms with Crippen molar-refractivity contribution in [1.29, 1.82) is 0 Å². The van der Waals surface area contributed by atoms with E-state index in [1.807, 2.05) is 0 Å². The minimum atomic E-state index is 0.603. The molecule has 0 bridgehead atoms. The summed E-state index contributed by atoms with van der Waals surface area (Å²) < 4.78 is 2.44. The Hall–Kier alpha value is -0.830. The smallest absolute Gasteiger partial charge is 0.109 e. The quantitative estimate of drug-likeness (QED) is 0.823. The summed E-state index contributed by atoms with van der Waals surface area (Å²) in [6.07, 6.45) is 5.81. The van der Waals surface area contributed by atoms with E-state index in [1.54, 1.807) is 0 Å². The Kier molecular flexibility index (Phi) is 3.10. The third-order valence-corrected chi connectivity index (χ3v) is 3.46. The van der Waals surface area contributed by atoms with Crippen LogP contribution in [0.2, 0.25) is 0 Å². The molecule has 1 unspecified atom stereocenters. The van der Waals surface area contributed by atoms with Gasteiger partial charge >= 0.3 is 0 Å². The fraction of sp³-hybridized carbons (Fsp3) is 0.750. The highest BCUT2D eigenvalue weighted by molar-refractivity contribution is 5.18. The van der Waals surface area contributed by atoms with Crippen LogP contribution in [0.1, 0.15) is 49.4 Å². The van der Waals surface area contributed by atoms with Crippen LogP contribution in [0.25, 0.3) is 0 Å². The monoisotopic (exact) mass is 207 g/mol. The van der Waals surface area contributed by atoms with Crippen molar-refractivity contribution in [3.05, 3.63) is 17.2 Å². The second kappa shape index (κ2) is 4.35. The highest BCUT2D eigenvalue weighted by atomic mass is 15.1. The lowest BCUT2D eigenvalue weighted by atomic mass is 10.0. The van der Waals surface area contributed by atoms with Gasteiger partial charge in [-0.15, -0.1) is 0 Å². The highest BCUT2D eigenvalue weighted by Crippen LogP contribution is 2.29. The van der Waals surface area contributed by atoms with Gasteiger partial charge in [0.1, 0.15) is 5.82 Å². The first kappa shape index (κ1) is 10.7. The van der Waals surface area contributed by atoms with Crippen LogP contribution in [0.4, 0.5) is 0 Å². The number of nitrogens with two attached hydrogens (primary N) is 1. The predicted octanol–water partition coefficient (Wildman–Crippen LogP) is 1.98. The van der Waals surface area contributed by atoms with Crippen LogP contribution in [-0.4, -0.2) is 16.1 Å². The minimum Gasteiger partial charge on any atom is -0.330 e. The number of rotatable bonds is 3. The number of imidazole rings is 1. The van der Waals surface area contributed by atoms with E-state index in [-0.39, 0.29) is 0 Å². The fourth-order valence-corrected chi connectivity index (χ4v) is 2.71. The lowest BCUT2D eigenvalue weighted by Crippen LogP contribution is -2.21. The molecule has 2 N–H and O–H groups in total. The van der Waals surface area contributed by atoms with Gasteiger partial charge in [0.25, 0.3) is 0 Å². The normalized spacial score (nSPS) is 20.3. The Morgan fingerprint density at radius 1 is 1.53 bits per heavy atom. The summed E-state index contributed by atoms with van der Waals surface area (Å²) in [6, 6.07) is 0.603. The summed E-state index contributed by atoms with van der Waals surface area (Å²) >= 11 is 0. The second-order valence-electron chi connectivity index (χ2n) is 4.41. The Labute approximate surface area is 91.7 Å². The Bertz CT molecular complexity index is 341. The number of fused-ring (bicyclic) bond motifs is 1. The van der Waals surface area contributed by atoms with Crippen LogP contribution in [0.15, 0.2) is 0 Å². The molecule has 0 saturated heterocycles. The molecule has 0 saturated carbocycles. The Balaban J connectivity index is 2.36. The lowest BCUT2D eigenvalue weighted by Gasteiger charge is -2.26. The summed E-state index contributed by atoms with van der Waals surface area (Å²) in [4.78, 5) is 4.72. The van der Waals surface area contributed by atoms with Crippen LogP contribution < -0.4 is 5.73 Å². The topological polar surface area (TPSA) is 43.8 Å². The minimum absolute atomic E-state index is 0.603. The number of hydrogen-bond donors (Lipinski definition) is 1. The van der Waals surface area contributed by atoms with Crippen molar-refractivity contribution in [2.24, 2.45) is 5.73 Å². The zero-order chi connectivity index (χ0) is 10.8. The van der Waals surface area contributed by atoms with Gasteiger partial charge in [0.05, 0.1) is 5.69 Å². The molecule has 0 radical (unpaired) electrons. The number of aromatic nitrogens is 2. The van der Waals surface area contributed by atoms with Gasteiger partial charge in [-0.1, -0.05) is 6.92 Å². The summed E-state index contributed by atoms with van der Waals surface area (Å²) in [5.41, 5.74) is 8.31. The fourth-order valence-electron chi connectivity index (χ4n) is 2.71. The van der Waals surface area contributed by atoms with Crippen LogP contribution in [0.5, 0.6) is 0 Å². The van der Waals surface area contributed by atoms with Crippen LogP contribution in [0, 0.1) is 6.92 Å². The molecule has 3 nitrogen and oxygen atoms in total. The first-order valence-corrected chi connectivity index (χ1v) is 6.04. The van der Waals surface area contributed by atoms with Gasteiger partial charge < -0.3 is 10.3 Å². The van der Waals surface area contributed by atoms with Crippen LogP contribution >= 0.6 is 0 Å². The van der Waals surface area contributed by atoms with Gasteiger partial charge in [-0.05, 0) is 39.2 Å². The SMILES string of the molecule is CCc1nc2n(c1C)C(CCN)CCC2. The van der Waals surface area contributed by atoms with Crippen molar-refractivity contribution in [2.75, 3.05) is 6.54 Å². The molecule has 1 aromatic rings. The first-order valence-electron chi connectivity index (χ1n) is 6.04. The maximum atomic E-state index is 5.67. The molecular formula is C12H21N3. The van der Waals surface area contributed by atoms with Crippen molar-refractivity contribution < 1.29 is 0 Å². The van der Waals surface area contributed by atoms with Gasteiger partial charge in [-0.25, -0.2) is 4.98 Å². The lowest BCUT2D eigenvalue weighted by molar-refractivity contribution is 0.373. The van der Waals surface area contributed by atoms with E-state index in [9.17, 15) is 0 Å². The molecule has 0 aromatic carbocycles. The Morgan fingerprint density at radius 3 is 3.00 bits per heavy atom. The third kappa shape index (κ3) is 1.81. The van der Waals surface area contributed by atoms with E-state index in [4.69, 9.17) is 10.7 Å². The molecule has 0 fully saturated rings. The predicted molar refractivity (Wildman–Crippen MR) is 62.0 cm³/mol. The van der Waals surface area contributed by atoms with Gasteiger partial charge in [-0.3, -0.25) is 0 Å². The van der Waals surface area contributed by atoms with E-state index >= 15 is 0 Å². The van der Waals surface area contributed by atoms with Crippen molar-refractivity contribution >= 4 is 0 Å². The maximum absolute atomic E-state index is 5.67. The average Bonchev–Trinajstić information content (AvgIpc) is 2.57. The molecule has 2 heterocycles. The van der Waals surface area contributed by atoms with E-state index in [1.165, 1.54) is 30.1 Å². The number of nitrogens with zero attached hydrogens (tertiary/aromatic N) is 2. The second-order valence-corrected chi connectivity index (χ2v) is 4.41. The van der Waals surface area contributed by atoms with E-state index in [0.717, 1.165) is 25.8 Å². The molecule has 0 amide bonds. The van der Waals surface area contributed by atoms with Crippen molar-refractivity contribution in [3.63, 3.8) is 0 Å². The largest absolute Gasteiger partial charge is 0.330 e. The molecule has 0 aliphatic carbocycles. The summed E-state index contributed by atoms with van der Waals surface area (Å²) in [5, 5.41) is 0. The molecule has 2 rings (SSSR count). The molecular weight excluding hydrogens is 186 g/mol. The van der Waals surface area contributed by atoms with E-state index < -0.39 is 0 Å².